The Kier molecular flexibility index (Phi) is 6.26. The molecule has 0 radical (unpaired) electrons. The Labute approximate surface area is 179 Å². The van der Waals surface area contributed by atoms with Gasteiger partial charge in [0.15, 0.2) is 0 Å². The van der Waals surface area contributed by atoms with E-state index >= 15 is 0 Å². The molecule has 0 atom stereocenters. The molecule has 1 aliphatic heterocycles. The Morgan fingerprint density at radius 3 is 1.80 bits per heavy atom. The fourth-order valence-corrected chi connectivity index (χ4v) is 2.81. The Morgan fingerprint density at radius 1 is 0.900 bits per heavy atom. The molecule has 0 unspecified atom stereocenters. The van der Waals surface area contributed by atoms with Crippen LogP contribution in [-0.2, 0) is 15.6 Å². The number of nitrogens with one attached hydrogen (secondary N) is 1. The number of carbonyl (C=O) groups is 2. The summed E-state index contributed by atoms with van der Waals surface area (Å²) in [5.41, 5.74) is 7.94. The summed E-state index contributed by atoms with van der Waals surface area (Å²) in [6.07, 6.45) is 3.37. The van der Waals surface area contributed by atoms with Crippen molar-refractivity contribution in [3.63, 3.8) is 0 Å². The zero-order valence-electron chi connectivity index (χ0n) is 19.2. The van der Waals surface area contributed by atoms with Crippen LogP contribution in [0.15, 0.2) is 36.7 Å². The zero-order chi connectivity index (χ0) is 22.9. The molecule has 3 rings (SSSR count). The number of nitrogens with zero attached hydrogens (tertiary/aromatic N) is 3. The molecule has 0 spiro atoms. The minimum Gasteiger partial charge on any atom is -0.399 e. The van der Waals surface area contributed by atoms with Crippen molar-refractivity contribution in [3.8, 4) is 0 Å². The molecule has 1 aliphatic rings. The number of aromatic nitrogens is 2. The molecule has 7 heteroatoms. The lowest BCUT2D eigenvalue weighted by molar-refractivity contribution is -0.121. The van der Waals surface area contributed by atoms with Gasteiger partial charge in [-0.25, -0.2) is 9.69 Å². The number of anilines is 2. The zero-order valence-corrected chi connectivity index (χ0v) is 19.2. The number of hydrogen-bond acceptors (Lipinski definition) is 5. The van der Waals surface area contributed by atoms with E-state index in [1.807, 2.05) is 26.8 Å². The van der Waals surface area contributed by atoms with Crippen molar-refractivity contribution in [3.05, 3.63) is 48.0 Å². The number of nitrogens with two attached hydrogens (primary N) is 1. The van der Waals surface area contributed by atoms with E-state index < -0.39 is 5.54 Å². The molecule has 0 aliphatic carbocycles. The molecular formula is C23H33N5O2. The van der Waals surface area contributed by atoms with Gasteiger partial charge in [-0.15, -0.1) is 0 Å². The first-order valence-corrected chi connectivity index (χ1v) is 9.98. The van der Waals surface area contributed by atoms with Crippen molar-refractivity contribution in [1.82, 2.24) is 15.3 Å². The predicted octanol–water partition coefficient (Wildman–Crippen LogP) is 4.18. The van der Waals surface area contributed by atoms with E-state index in [-0.39, 0.29) is 22.8 Å². The quantitative estimate of drug-likeness (QED) is 0.686. The summed E-state index contributed by atoms with van der Waals surface area (Å²) in [6.45, 7) is 15.9. The molecule has 1 saturated heterocycles. The third-order valence-electron chi connectivity index (χ3n) is 4.68. The predicted molar refractivity (Wildman–Crippen MR) is 120 cm³/mol. The summed E-state index contributed by atoms with van der Waals surface area (Å²) in [4.78, 5) is 33.9. The third-order valence-corrected chi connectivity index (χ3v) is 4.68. The van der Waals surface area contributed by atoms with Crippen LogP contribution in [0.5, 0.6) is 0 Å². The standard InChI is InChI=1S/C14H19N3O2.C9H14N2/c1-13(2,3)10-8-9(6-7-15-10)17-11(18)14(4,5)16-12(17)19;1-9(2,3)8-6-7(10)4-5-11-8/h6-8H,1-5H3,(H,16,19);4-6H,1-3H3,(H2,10,11). The summed E-state index contributed by atoms with van der Waals surface area (Å²) >= 11 is 0. The molecule has 3 N–H and O–H groups in total. The van der Waals surface area contributed by atoms with E-state index in [0.717, 1.165) is 17.1 Å². The highest BCUT2D eigenvalue weighted by Gasteiger charge is 2.45. The van der Waals surface area contributed by atoms with Gasteiger partial charge in [0.25, 0.3) is 5.91 Å². The molecule has 1 fully saturated rings. The number of imide groups is 1. The second kappa shape index (κ2) is 8.05. The number of rotatable bonds is 1. The molecule has 0 saturated carbocycles. The van der Waals surface area contributed by atoms with Gasteiger partial charge in [0.05, 0.1) is 5.69 Å². The summed E-state index contributed by atoms with van der Waals surface area (Å²) in [5.74, 6) is -0.247. The summed E-state index contributed by atoms with van der Waals surface area (Å²) in [5, 5.41) is 2.67. The van der Waals surface area contributed by atoms with Crippen LogP contribution in [0.3, 0.4) is 0 Å². The lowest BCUT2D eigenvalue weighted by Crippen LogP contribution is -2.40. The molecule has 2 aromatic heterocycles. The molecule has 0 bridgehead atoms. The van der Waals surface area contributed by atoms with Crippen LogP contribution < -0.4 is 16.0 Å². The minimum atomic E-state index is -0.859. The molecule has 30 heavy (non-hydrogen) atoms. The maximum Gasteiger partial charge on any atom is 0.329 e. The van der Waals surface area contributed by atoms with Crippen molar-refractivity contribution >= 4 is 23.3 Å². The number of hydrogen-bond donors (Lipinski definition) is 2. The Bertz CT molecular complexity index is 939. The minimum absolute atomic E-state index is 0.0926. The number of amides is 3. The first-order valence-electron chi connectivity index (χ1n) is 9.98. The van der Waals surface area contributed by atoms with Gasteiger partial charge in [0.2, 0.25) is 0 Å². The van der Waals surface area contributed by atoms with Crippen molar-refractivity contribution in [2.75, 3.05) is 10.6 Å². The summed E-state index contributed by atoms with van der Waals surface area (Å²) in [6, 6.07) is 6.79. The number of nitrogen functional groups attached to an aromatic ring is 1. The van der Waals surface area contributed by atoms with Gasteiger partial charge < -0.3 is 11.1 Å². The van der Waals surface area contributed by atoms with E-state index in [2.05, 4.69) is 36.1 Å². The van der Waals surface area contributed by atoms with Crippen molar-refractivity contribution < 1.29 is 9.59 Å². The summed E-state index contributed by atoms with van der Waals surface area (Å²) in [7, 11) is 0. The Hall–Kier alpha value is -2.96. The van der Waals surface area contributed by atoms with Gasteiger partial charge in [-0.3, -0.25) is 14.8 Å². The van der Waals surface area contributed by atoms with Gasteiger partial charge in [0.1, 0.15) is 5.54 Å². The topological polar surface area (TPSA) is 101 Å². The average molecular weight is 412 g/mol. The van der Waals surface area contributed by atoms with Crippen LogP contribution in [0.4, 0.5) is 16.2 Å². The average Bonchev–Trinajstić information content (AvgIpc) is 2.81. The lowest BCUT2D eigenvalue weighted by atomic mass is 9.91. The van der Waals surface area contributed by atoms with E-state index in [4.69, 9.17) is 5.73 Å². The second-order valence-electron chi connectivity index (χ2n) is 10.1. The van der Waals surface area contributed by atoms with Gasteiger partial charge in [-0.2, -0.15) is 0 Å². The largest absolute Gasteiger partial charge is 0.399 e. The fraction of sp³-hybridized carbons (Fsp3) is 0.478. The third kappa shape index (κ3) is 5.34. The smallest absolute Gasteiger partial charge is 0.329 e. The van der Waals surface area contributed by atoms with Gasteiger partial charge in [0, 0.05) is 40.3 Å². The first-order chi connectivity index (χ1) is 13.6. The van der Waals surface area contributed by atoms with Crippen molar-refractivity contribution in [2.24, 2.45) is 0 Å². The van der Waals surface area contributed by atoms with Crippen LogP contribution in [0.2, 0.25) is 0 Å². The van der Waals surface area contributed by atoms with Crippen LogP contribution >= 0.6 is 0 Å². The second-order valence-corrected chi connectivity index (χ2v) is 10.1. The highest BCUT2D eigenvalue weighted by molar-refractivity contribution is 6.23. The van der Waals surface area contributed by atoms with Gasteiger partial charge in [-0.05, 0) is 38.1 Å². The van der Waals surface area contributed by atoms with E-state index in [0.29, 0.717) is 5.69 Å². The molecule has 3 heterocycles. The number of urea groups is 1. The molecule has 3 amide bonds. The van der Waals surface area contributed by atoms with Gasteiger partial charge in [-0.1, -0.05) is 41.5 Å². The molecule has 162 valence electrons. The highest BCUT2D eigenvalue weighted by Crippen LogP contribution is 2.28. The Balaban J connectivity index is 0.000000248. The van der Waals surface area contributed by atoms with Crippen molar-refractivity contribution in [1.29, 1.82) is 0 Å². The maximum atomic E-state index is 12.2. The highest BCUT2D eigenvalue weighted by atomic mass is 16.2. The SMILES string of the molecule is CC(C)(C)c1cc(N)ccn1.CC1(C)NC(=O)N(c2ccnc(C(C)(C)C)c2)C1=O. The van der Waals surface area contributed by atoms with Gasteiger partial charge >= 0.3 is 6.03 Å². The van der Waals surface area contributed by atoms with Crippen LogP contribution in [0.1, 0.15) is 66.8 Å². The fourth-order valence-electron chi connectivity index (χ4n) is 2.81. The monoisotopic (exact) mass is 411 g/mol. The Morgan fingerprint density at radius 2 is 1.40 bits per heavy atom. The normalized spacial score (nSPS) is 16.1. The maximum absolute atomic E-state index is 12.2. The van der Waals surface area contributed by atoms with E-state index in [1.165, 1.54) is 4.90 Å². The molecule has 7 nitrogen and oxygen atoms in total. The van der Waals surface area contributed by atoms with Crippen LogP contribution in [0.25, 0.3) is 0 Å². The summed E-state index contributed by atoms with van der Waals surface area (Å²) < 4.78 is 0. The lowest BCUT2D eigenvalue weighted by Gasteiger charge is -2.21. The molecule has 2 aromatic rings. The van der Waals surface area contributed by atoms with E-state index in [9.17, 15) is 9.59 Å². The first kappa shape index (κ1) is 23.3. The molecular weight excluding hydrogens is 378 g/mol. The van der Waals surface area contributed by atoms with Crippen LogP contribution in [-0.4, -0.2) is 27.4 Å². The van der Waals surface area contributed by atoms with Crippen LogP contribution in [0, 0.1) is 0 Å². The number of pyridine rings is 2. The number of carbonyl (C=O) groups excluding carboxylic acids is 2. The van der Waals surface area contributed by atoms with Crippen molar-refractivity contribution in [2.45, 2.75) is 71.8 Å². The molecule has 0 aromatic carbocycles. The van der Waals surface area contributed by atoms with E-state index in [1.54, 1.807) is 44.4 Å².